The molecule has 0 spiro atoms. The van der Waals surface area contributed by atoms with Crippen molar-refractivity contribution in [2.45, 2.75) is 38.3 Å². The number of ether oxygens (including phenoxy) is 2. The highest BCUT2D eigenvalue weighted by atomic mass is 16.5. The Morgan fingerprint density at radius 2 is 2.22 bits per heavy atom. The fourth-order valence-corrected chi connectivity index (χ4v) is 2.12. The second-order valence-corrected chi connectivity index (χ2v) is 5.33. The highest BCUT2D eigenvalue weighted by Crippen LogP contribution is 2.27. The summed E-state index contributed by atoms with van der Waals surface area (Å²) < 4.78 is 11.5. The van der Waals surface area contributed by atoms with E-state index in [2.05, 4.69) is 31.2 Å². The summed E-state index contributed by atoms with van der Waals surface area (Å²) in [6.45, 7) is 6.03. The zero-order valence-corrected chi connectivity index (χ0v) is 11.3. The Morgan fingerprint density at radius 1 is 1.44 bits per heavy atom. The summed E-state index contributed by atoms with van der Waals surface area (Å²) in [5, 5.41) is 0. The molecule has 18 heavy (non-hydrogen) atoms. The van der Waals surface area contributed by atoms with Crippen LogP contribution in [0.4, 0.5) is 0 Å². The van der Waals surface area contributed by atoms with Crippen molar-refractivity contribution in [1.29, 1.82) is 0 Å². The molecule has 1 heterocycles. The SMILES string of the molecule is CCC(C)(N)COCC1OCCc2ccccc21. The smallest absolute Gasteiger partial charge is 0.106 e. The third-order valence-electron chi connectivity index (χ3n) is 3.60. The Kier molecular flexibility index (Phi) is 4.38. The maximum absolute atomic E-state index is 6.06. The summed E-state index contributed by atoms with van der Waals surface area (Å²) in [6.07, 6.45) is 1.97. The topological polar surface area (TPSA) is 44.5 Å². The van der Waals surface area contributed by atoms with Gasteiger partial charge in [-0.3, -0.25) is 0 Å². The van der Waals surface area contributed by atoms with Gasteiger partial charge in [0.05, 0.1) is 19.8 Å². The Labute approximate surface area is 109 Å². The van der Waals surface area contributed by atoms with Crippen LogP contribution in [0.25, 0.3) is 0 Å². The minimum absolute atomic E-state index is 0.0580. The van der Waals surface area contributed by atoms with Crippen LogP contribution in [0.5, 0.6) is 0 Å². The monoisotopic (exact) mass is 249 g/mol. The molecule has 3 heteroatoms. The average Bonchev–Trinajstić information content (AvgIpc) is 2.39. The fourth-order valence-electron chi connectivity index (χ4n) is 2.12. The van der Waals surface area contributed by atoms with Gasteiger partial charge in [0, 0.05) is 5.54 Å². The van der Waals surface area contributed by atoms with Gasteiger partial charge in [-0.1, -0.05) is 31.2 Å². The zero-order chi connectivity index (χ0) is 13.0. The van der Waals surface area contributed by atoms with Crippen molar-refractivity contribution in [3.8, 4) is 0 Å². The van der Waals surface area contributed by atoms with E-state index < -0.39 is 0 Å². The van der Waals surface area contributed by atoms with Crippen molar-refractivity contribution in [1.82, 2.24) is 0 Å². The minimum Gasteiger partial charge on any atom is -0.376 e. The molecule has 3 nitrogen and oxygen atoms in total. The van der Waals surface area contributed by atoms with Crippen LogP contribution in [0.3, 0.4) is 0 Å². The normalized spacial score (nSPS) is 22.3. The minimum atomic E-state index is -0.242. The molecule has 2 N–H and O–H groups in total. The predicted molar refractivity (Wildman–Crippen MR) is 72.5 cm³/mol. The number of fused-ring (bicyclic) bond motifs is 1. The van der Waals surface area contributed by atoms with E-state index in [9.17, 15) is 0 Å². The van der Waals surface area contributed by atoms with E-state index in [-0.39, 0.29) is 11.6 Å². The van der Waals surface area contributed by atoms with Gasteiger partial charge in [-0.25, -0.2) is 0 Å². The fraction of sp³-hybridized carbons (Fsp3) is 0.600. The first kappa shape index (κ1) is 13.5. The third-order valence-corrected chi connectivity index (χ3v) is 3.60. The van der Waals surface area contributed by atoms with E-state index in [1.165, 1.54) is 11.1 Å². The first-order valence-corrected chi connectivity index (χ1v) is 6.68. The Morgan fingerprint density at radius 3 is 3.00 bits per heavy atom. The molecule has 1 aliphatic rings. The molecule has 0 saturated heterocycles. The number of benzene rings is 1. The lowest BCUT2D eigenvalue weighted by atomic mass is 9.98. The van der Waals surface area contributed by atoms with Crippen LogP contribution in [0.15, 0.2) is 24.3 Å². The molecule has 0 fully saturated rings. The van der Waals surface area contributed by atoms with Crippen molar-refractivity contribution in [3.63, 3.8) is 0 Å². The Bertz CT molecular complexity index is 390. The van der Waals surface area contributed by atoms with Crippen molar-refractivity contribution in [2.75, 3.05) is 19.8 Å². The molecule has 2 atom stereocenters. The van der Waals surface area contributed by atoms with Crippen LogP contribution in [0.1, 0.15) is 37.5 Å². The van der Waals surface area contributed by atoms with Gasteiger partial charge in [0.25, 0.3) is 0 Å². The first-order chi connectivity index (χ1) is 8.62. The van der Waals surface area contributed by atoms with E-state index >= 15 is 0 Å². The van der Waals surface area contributed by atoms with Crippen LogP contribution in [-0.2, 0) is 15.9 Å². The van der Waals surface area contributed by atoms with Gasteiger partial charge in [-0.2, -0.15) is 0 Å². The number of nitrogens with two attached hydrogens (primary N) is 1. The van der Waals surface area contributed by atoms with Crippen LogP contribution in [-0.4, -0.2) is 25.4 Å². The van der Waals surface area contributed by atoms with Gasteiger partial charge in [0.15, 0.2) is 0 Å². The van der Waals surface area contributed by atoms with Crippen molar-refractivity contribution in [3.05, 3.63) is 35.4 Å². The third kappa shape index (κ3) is 3.31. The number of rotatable bonds is 5. The Balaban J connectivity index is 1.92. The maximum Gasteiger partial charge on any atom is 0.106 e. The average molecular weight is 249 g/mol. The van der Waals surface area contributed by atoms with Crippen molar-refractivity contribution >= 4 is 0 Å². The Hall–Kier alpha value is -0.900. The molecule has 0 aromatic heterocycles. The lowest BCUT2D eigenvalue weighted by Gasteiger charge is -2.28. The lowest BCUT2D eigenvalue weighted by molar-refractivity contribution is -0.0346. The molecule has 1 aromatic rings. The molecule has 0 bridgehead atoms. The standard InChI is InChI=1S/C15H23NO2/c1-3-15(2,16)11-17-10-14-13-7-5-4-6-12(13)8-9-18-14/h4-7,14H,3,8-11,16H2,1-2H3. The maximum atomic E-state index is 6.06. The van der Waals surface area contributed by atoms with Crippen LogP contribution < -0.4 is 5.73 Å². The van der Waals surface area contributed by atoms with E-state index in [0.717, 1.165) is 19.4 Å². The molecule has 0 radical (unpaired) electrons. The highest BCUT2D eigenvalue weighted by Gasteiger charge is 2.22. The number of hydrogen-bond donors (Lipinski definition) is 1. The van der Waals surface area contributed by atoms with Gasteiger partial charge >= 0.3 is 0 Å². The quantitative estimate of drug-likeness (QED) is 0.871. The molecular formula is C15H23NO2. The first-order valence-electron chi connectivity index (χ1n) is 6.68. The molecule has 0 saturated carbocycles. The van der Waals surface area contributed by atoms with Gasteiger partial charge in [-0.15, -0.1) is 0 Å². The second-order valence-electron chi connectivity index (χ2n) is 5.33. The van der Waals surface area contributed by atoms with E-state index in [1.54, 1.807) is 0 Å². The summed E-state index contributed by atoms with van der Waals surface area (Å²) >= 11 is 0. The number of hydrogen-bond acceptors (Lipinski definition) is 3. The molecule has 0 aliphatic carbocycles. The molecule has 0 amide bonds. The summed E-state index contributed by atoms with van der Waals surface area (Å²) in [5.41, 5.74) is 8.46. The van der Waals surface area contributed by atoms with Crippen LogP contribution in [0, 0.1) is 0 Å². The van der Waals surface area contributed by atoms with Gasteiger partial charge < -0.3 is 15.2 Å². The van der Waals surface area contributed by atoms with Gasteiger partial charge in [0.1, 0.15) is 6.10 Å². The van der Waals surface area contributed by atoms with Crippen LogP contribution >= 0.6 is 0 Å². The van der Waals surface area contributed by atoms with Gasteiger partial charge in [0.2, 0.25) is 0 Å². The lowest BCUT2D eigenvalue weighted by Crippen LogP contribution is -2.41. The van der Waals surface area contributed by atoms with Crippen LogP contribution in [0.2, 0.25) is 0 Å². The highest BCUT2D eigenvalue weighted by molar-refractivity contribution is 5.30. The van der Waals surface area contributed by atoms with Gasteiger partial charge in [-0.05, 0) is 30.9 Å². The largest absolute Gasteiger partial charge is 0.376 e. The summed E-state index contributed by atoms with van der Waals surface area (Å²) in [6, 6.07) is 8.43. The zero-order valence-electron chi connectivity index (χ0n) is 11.3. The van der Waals surface area contributed by atoms with E-state index in [0.29, 0.717) is 13.2 Å². The molecule has 1 aromatic carbocycles. The van der Waals surface area contributed by atoms with E-state index in [4.69, 9.17) is 15.2 Å². The van der Waals surface area contributed by atoms with Crippen molar-refractivity contribution < 1.29 is 9.47 Å². The molecular weight excluding hydrogens is 226 g/mol. The second kappa shape index (κ2) is 5.83. The van der Waals surface area contributed by atoms with Crippen molar-refractivity contribution in [2.24, 2.45) is 5.73 Å². The molecule has 100 valence electrons. The summed E-state index contributed by atoms with van der Waals surface area (Å²) in [4.78, 5) is 0. The molecule has 2 unspecified atom stereocenters. The predicted octanol–water partition coefficient (Wildman–Crippen LogP) is 2.44. The molecule has 1 aliphatic heterocycles. The van der Waals surface area contributed by atoms with E-state index in [1.807, 2.05) is 6.92 Å². The molecule has 2 rings (SSSR count). The summed E-state index contributed by atoms with van der Waals surface area (Å²) in [7, 11) is 0. The summed E-state index contributed by atoms with van der Waals surface area (Å²) in [5.74, 6) is 0.